The zero-order valence-electron chi connectivity index (χ0n) is 15.3. The number of benzene rings is 1. The Balaban J connectivity index is 1.65. The number of carbonyl (C=O) groups is 2. The first-order valence-corrected chi connectivity index (χ1v) is 9.87. The molecule has 0 saturated heterocycles. The first kappa shape index (κ1) is 18.2. The zero-order valence-corrected chi connectivity index (χ0v) is 16.1. The summed E-state index contributed by atoms with van der Waals surface area (Å²) >= 11 is 1.61. The van der Waals surface area contributed by atoms with Crippen molar-refractivity contribution in [3.05, 3.63) is 81.8 Å². The van der Waals surface area contributed by atoms with Gasteiger partial charge in [-0.1, -0.05) is 12.1 Å². The van der Waals surface area contributed by atoms with E-state index in [1.165, 1.54) is 0 Å². The molecule has 1 amide bonds. The van der Waals surface area contributed by atoms with Gasteiger partial charge in [-0.3, -0.25) is 9.78 Å². The molecule has 1 N–H and O–H groups in total. The molecule has 1 unspecified atom stereocenters. The Hall–Kier alpha value is -3.19. The maximum atomic E-state index is 13.0. The minimum Gasteiger partial charge on any atom is -0.462 e. The van der Waals surface area contributed by atoms with Crippen LogP contribution in [0.15, 0.2) is 60.1 Å². The molecular weight excluding hydrogens is 374 g/mol. The predicted octanol–water partition coefficient (Wildman–Crippen LogP) is 4.09. The normalized spacial score (nSPS) is 15.4. The molecule has 1 aliphatic rings. The summed E-state index contributed by atoms with van der Waals surface area (Å²) in [5, 5.41) is 5.36. The molecule has 7 heteroatoms. The van der Waals surface area contributed by atoms with Gasteiger partial charge in [0.2, 0.25) is 0 Å². The summed E-state index contributed by atoms with van der Waals surface area (Å²) in [6.07, 6.45) is 1.27. The molecule has 0 bridgehead atoms. The van der Waals surface area contributed by atoms with E-state index in [4.69, 9.17) is 4.74 Å². The van der Waals surface area contributed by atoms with Crippen molar-refractivity contribution in [3.8, 4) is 0 Å². The molecule has 6 nitrogen and oxygen atoms in total. The maximum absolute atomic E-state index is 13.0. The number of carbonyl (C=O) groups excluding carboxylic acids is 2. The standard InChI is InChI=1S/C21H19N3O3S/c1-2-27-21(26)14-6-3-7-15(12-14)23-19-18-17(9-4-10-22-18)20(25)24(19)13-16-8-5-11-28-16/h3-12,19,23H,2,13H2,1H3. The number of aromatic nitrogens is 1. The van der Waals surface area contributed by atoms with Gasteiger partial charge in [-0.05, 0) is 48.7 Å². The van der Waals surface area contributed by atoms with E-state index >= 15 is 0 Å². The molecule has 0 aliphatic carbocycles. The highest BCUT2D eigenvalue weighted by Gasteiger charge is 2.38. The number of hydrogen-bond acceptors (Lipinski definition) is 6. The van der Waals surface area contributed by atoms with Crippen molar-refractivity contribution in [3.63, 3.8) is 0 Å². The highest BCUT2D eigenvalue weighted by molar-refractivity contribution is 7.09. The Morgan fingerprint density at radius 2 is 2.14 bits per heavy atom. The first-order chi connectivity index (χ1) is 13.7. The van der Waals surface area contributed by atoms with Crippen molar-refractivity contribution in [2.45, 2.75) is 19.6 Å². The number of hydrogen-bond donors (Lipinski definition) is 1. The molecule has 0 radical (unpaired) electrons. The van der Waals surface area contributed by atoms with Gasteiger partial charge in [0.05, 0.1) is 30.0 Å². The number of pyridine rings is 1. The third kappa shape index (κ3) is 3.48. The number of esters is 1. The Morgan fingerprint density at radius 1 is 1.25 bits per heavy atom. The Labute approximate surface area is 166 Å². The van der Waals surface area contributed by atoms with Gasteiger partial charge in [-0.15, -0.1) is 11.3 Å². The van der Waals surface area contributed by atoms with Crippen LogP contribution in [-0.2, 0) is 11.3 Å². The van der Waals surface area contributed by atoms with Crippen LogP contribution in [0.1, 0.15) is 44.4 Å². The molecule has 142 valence electrons. The summed E-state index contributed by atoms with van der Waals surface area (Å²) < 4.78 is 5.08. The van der Waals surface area contributed by atoms with Gasteiger partial charge in [0, 0.05) is 16.8 Å². The lowest BCUT2D eigenvalue weighted by molar-refractivity contribution is 0.0526. The van der Waals surface area contributed by atoms with Gasteiger partial charge >= 0.3 is 5.97 Å². The zero-order chi connectivity index (χ0) is 19.5. The van der Waals surface area contributed by atoms with Crippen LogP contribution >= 0.6 is 11.3 Å². The minimum atomic E-state index is -0.414. The van der Waals surface area contributed by atoms with Gasteiger partial charge in [0.15, 0.2) is 0 Å². The summed E-state index contributed by atoms with van der Waals surface area (Å²) in [5.74, 6) is -0.432. The van der Waals surface area contributed by atoms with Gasteiger partial charge in [0.25, 0.3) is 5.91 Å². The van der Waals surface area contributed by atoms with Gasteiger partial charge in [-0.25, -0.2) is 4.79 Å². The van der Waals surface area contributed by atoms with E-state index in [-0.39, 0.29) is 11.9 Å². The summed E-state index contributed by atoms with van der Waals surface area (Å²) in [4.78, 5) is 32.3. The van der Waals surface area contributed by atoms with E-state index in [1.807, 2.05) is 23.6 Å². The SMILES string of the molecule is CCOC(=O)c1cccc(NC2c3ncccc3C(=O)N2Cc2cccs2)c1. The molecular formula is C21H19N3O3S. The van der Waals surface area contributed by atoms with E-state index in [1.54, 1.807) is 59.7 Å². The van der Waals surface area contributed by atoms with Crippen LogP contribution in [0, 0.1) is 0 Å². The molecule has 3 aromatic rings. The predicted molar refractivity (Wildman–Crippen MR) is 107 cm³/mol. The third-order valence-electron chi connectivity index (χ3n) is 4.48. The van der Waals surface area contributed by atoms with Crippen LogP contribution in [0.25, 0.3) is 0 Å². The first-order valence-electron chi connectivity index (χ1n) is 8.99. The number of fused-ring (bicyclic) bond motifs is 1. The van der Waals surface area contributed by atoms with Crippen molar-refractivity contribution in [2.24, 2.45) is 0 Å². The second-order valence-electron chi connectivity index (χ2n) is 6.30. The van der Waals surface area contributed by atoms with Gasteiger partial charge in [-0.2, -0.15) is 0 Å². The van der Waals surface area contributed by atoms with Crippen molar-refractivity contribution in [1.29, 1.82) is 0 Å². The largest absolute Gasteiger partial charge is 0.462 e. The van der Waals surface area contributed by atoms with E-state index < -0.39 is 6.17 Å². The molecule has 4 rings (SSSR count). The molecule has 28 heavy (non-hydrogen) atoms. The van der Waals surface area contributed by atoms with Crippen LogP contribution in [0.4, 0.5) is 5.69 Å². The molecule has 0 fully saturated rings. The molecule has 0 spiro atoms. The lowest BCUT2D eigenvalue weighted by Gasteiger charge is -2.26. The molecule has 3 heterocycles. The van der Waals surface area contributed by atoms with Crippen molar-refractivity contribution >= 4 is 28.9 Å². The van der Waals surface area contributed by atoms with Crippen LogP contribution in [0.3, 0.4) is 0 Å². The summed E-state index contributed by atoms with van der Waals surface area (Å²) in [5.41, 5.74) is 2.46. The monoisotopic (exact) mass is 393 g/mol. The Kier molecular flexibility index (Phi) is 5.08. The lowest BCUT2D eigenvalue weighted by atomic mass is 10.2. The van der Waals surface area contributed by atoms with Gasteiger partial charge in [0.1, 0.15) is 6.17 Å². The summed E-state index contributed by atoms with van der Waals surface area (Å²) in [6, 6.07) is 14.6. The second-order valence-corrected chi connectivity index (χ2v) is 7.33. The second kappa shape index (κ2) is 7.82. The van der Waals surface area contributed by atoms with E-state index in [9.17, 15) is 9.59 Å². The van der Waals surface area contributed by atoms with Crippen LogP contribution in [0.2, 0.25) is 0 Å². The van der Waals surface area contributed by atoms with Crippen LogP contribution < -0.4 is 5.32 Å². The highest BCUT2D eigenvalue weighted by Crippen LogP contribution is 2.34. The van der Waals surface area contributed by atoms with E-state index in [0.29, 0.717) is 30.0 Å². The quantitative estimate of drug-likeness (QED) is 0.639. The molecule has 1 aliphatic heterocycles. The van der Waals surface area contributed by atoms with Crippen LogP contribution in [-0.4, -0.2) is 28.4 Å². The van der Waals surface area contributed by atoms with Crippen molar-refractivity contribution in [2.75, 3.05) is 11.9 Å². The number of nitrogens with one attached hydrogen (secondary N) is 1. The number of thiophene rings is 1. The average molecular weight is 393 g/mol. The Bertz CT molecular complexity index is 1000. The fourth-order valence-corrected chi connectivity index (χ4v) is 3.93. The molecule has 2 aromatic heterocycles. The third-order valence-corrected chi connectivity index (χ3v) is 5.34. The number of anilines is 1. The topological polar surface area (TPSA) is 71.5 Å². The summed E-state index contributed by atoms with van der Waals surface area (Å²) in [7, 11) is 0. The fourth-order valence-electron chi connectivity index (χ4n) is 3.22. The molecule has 1 aromatic carbocycles. The minimum absolute atomic E-state index is 0.0597. The highest BCUT2D eigenvalue weighted by atomic mass is 32.1. The smallest absolute Gasteiger partial charge is 0.338 e. The van der Waals surface area contributed by atoms with Crippen molar-refractivity contribution in [1.82, 2.24) is 9.88 Å². The van der Waals surface area contributed by atoms with E-state index in [2.05, 4.69) is 10.3 Å². The number of rotatable bonds is 6. The number of ether oxygens (including phenoxy) is 1. The Morgan fingerprint density at radius 3 is 2.93 bits per heavy atom. The fraction of sp³-hybridized carbons (Fsp3) is 0.190. The van der Waals surface area contributed by atoms with Crippen LogP contribution in [0.5, 0.6) is 0 Å². The van der Waals surface area contributed by atoms with Crippen molar-refractivity contribution < 1.29 is 14.3 Å². The summed E-state index contributed by atoms with van der Waals surface area (Å²) in [6.45, 7) is 2.58. The molecule has 0 saturated carbocycles. The van der Waals surface area contributed by atoms with E-state index in [0.717, 1.165) is 10.6 Å². The average Bonchev–Trinajstić information content (AvgIpc) is 3.32. The maximum Gasteiger partial charge on any atom is 0.338 e. The van der Waals surface area contributed by atoms with Gasteiger partial charge < -0.3 is 15.0 Å². The lowest BCUT2D eigenvalue weighted by Crippen LogP contribution is -2.31. The number of amides is 1. The molecule has 1 atom stereocenters. The number of nitrogens with zero attached hydrogens (tertiary/aromatic N) is 2.